The van der Waals surface area contributed by atoms with E-state index in [0.29, 0.717) is 17.8 Å². The Morgan fingerprint density at radius 3 is 1.92 bits per heavy atom. The Morgan fingerprint density at radius 1 is 0.784 bits per heavy atom. The van der Waals surface area contributed by atoms with Crippen LogP contribution in [0.15, 0.2) is 97.1 Å². The molecule has 0 aliphatic carbocycles. The minimum absolute atomic E-state index is 0.117. The van der Waals surface area contributed by atoms with Gasteiger partial charge in [-0.15, -0.1) is 0 Å². The number of aromatic carboxylic acids is 1. The minimum Gasteiger partial charge on any atom is -0.497 e. The van der Waals surface area contributed by atoms with Gasteiger partial charge in [-0.05, 0) is 47.5 Å². The van der Waals surface area contributed by atoms with E-state index in [4.69, 9.17) is 9.47 Å². The first kappa shape index (κ1) is 25.2. The fourth-order valence-electron chi connectivity index (χ4n) is 3.94. The summed E-state index contributed by atoms with van der Waals surface area (Å²) in [5.74, 6) is -0.325. The number of nitrogens with zero attached hydrogens (tertiary/aromatic N) is 1. The van der Waals surface area contributed by atoms with Crippen molar-refractivity contribution in [3.05, 3.63) is 125 Å². The Bertz CT molecular complexity index is 1390. The molecule has 7 nitrogen and oxygen atoms in total. The zero-order chi connectivity index (χ0) is 26.2. The number of carboxylic acid groups (broad SMARTS) is 1. The number of carbonyl (C=O) groups is 3. The third kappa shape index (κ3) is 6.21. The summed E-state index contributed by atoms with van der Waals surface area (Å²) in [6.07, 6.45) is 0.412. The van der Waals surface area contributed by atoms with E-state index in [1.165, 1.54) is 24.1 Å². The summed E-state index contributed by atoms with van der Waals surface area (Å²) >= 11 is 0. The molecule has 0 fully saturated rings. The third-order valence-electron chi connectivity index (χ3n) is 5.73. The topological polar surface area (TPSA) is 93.1 Å². The molecule has 0 aliphatic heterocycles. The van der Waals surface area contributed by atoms with Gasteiger partial charge >= 0.3 is 5.97 Å². The lowest BCUT2D eigenvalue weighted by atomic mass is 9.99. The first-order valence-corrected chi connectivity index (χ1v) is 11.5. The molecule has 4 rings (SSSR count). The Balaban J connectivity index is 1.67. The van der Waals surface area contributed by atoms with Gasteiger partial charge in [-0.2, -0.15) is 0 Å². The molecular formula is C30H25NO6. The van der Waals surface area contributed by atoms with Crippen LogP contribution in [-0.4, -0.2) is 35.3 Å². The molecule has 0 unspecified atom stereocenters. The predicted octanol–water partition coefficient (Wildman–Crippen LogP) is 5.84. The Hall–Kier alpha value is -4.91. The van der Waals surface area contributed by atoms with Crippen molar-refractivity contribution in [1.82, 2.24) is 4.90 Å². The van der Waals surface area contributed by atoms with Crippen LogP contribution in [0.2, 0.25) is 0 Å². The van der Waals surface area contributed by atoms with Crippen molar-refractivity contribution in [2.45, 2.75) is 13.1 Å². The molecule has 186 valence electrons. The molecule has 1 amide bonds. The van der Waals surface area contributed by atoms with Crippen molar-refractivity contribution in [3.63, 3.8) is 0 Å². The second-order valence-electron chi connectivity index (χ2n) is 8.27. The van der Waals surface area contributed by atoms with Gasteiger partial charge in [0, 0.05) is 18.7 Å². The van der Waals surface area contributed by atoms with Gasteiger partial charge in [0.15, 0.2) is 6.29 Å². The predicted molar refractivity (Wildman–Crippen MR) is 138 cm³/mol. The number of carbonyl (C=O) groups excluding carboxylic acids is 2. The highest BCUT2D eigenvalue weighted by molar-refractivity contribution is 6.09. The number of rotatable bonds is 10. The van der Waals surface area contributed by atoms with Crippen LogP contribution in [0.4, 0.5) is 0 Å². The fourth-order valence-corrected chi connectivity index (χ4v) is 3.94. The van der Waals surface area contributed by atoms with E-state index in [0.717, 1.165) is 11.1 Å². The van der Waals surface area contributed by atoms with Crippen LogP contribution in [0.5, 0.6) is 17.2 Å². The van der Waals surface area contributed by atoms with E-state index >= 15 is 0 Å². The standard InChI is InChI=1S/C30H25NO6/c1-36-26-16-23(20-32)28(30(34)35)27(17-26)29(33)31(18-21-8-4-2-5-9-21)19-22-12-14-25(15-13-22)37-24-10-6-3-7-11-24/h2-17,20H,18-19H2,1H3,(H,34,35). The highest BCUT2D eigenvalue weighted by atomic mass is 16.5. The number of methoxy groups -OCH3 is 1. The molecule has 0 spiro atoms. The van der Waals surface area contributed by atoms with E-state index in [1.54, 1.807) is 0 Å². The van der Waals surface area contributed by atoms with E-state index in [1.807, 2.05) is 84.9 Å². The maximum absolute atomic E-state index is 13.8. The van der Waals surface area contributed by atoms with Gasteiger partial charge in [0.25, 0.3) is 5.91 Å². The van der Waals surface area contributed by atoms with E-state index in [2.05, 4.69) is 0 Å². The van der Waals surface area contributed by atoms with Crippen molar-refractivity contribution in [1.29, 1.82) is 0 Å². The van der Waals surface area contributed by atoms with Crippen molar-refractivity contribution < 1.29 is 29.0 Å². The first-order valence-electron chi connectivity index (χ1n) is 11.5. The van der Waals surface area contributed by atoms with Gasteiger partial charge < -0.3 is 19.5 Å². The van der Waals surface area contributed by atoms with Crippen LogP contribution in [0, 0.1) is 0 Å². The zero-order valence-electron chi connectivity index (χ0n) is 20.2. The number of carboxylic acids is 1. The summed E-state index contributed by atoms with van der Waals surface area (Å²) in [5, 5.41) is 9.82. The molecule has 0 saturated heterocycles. The maximum atomic E-state index is 13.8. The molecule has 0 aromatic heterocycles. The number of amides is 1. The van der Waals surface area contributed by atoms with Crippen molar-refractivity contribution in [2.75, 3.05) is 7.11 Å². The molecule has 4 aromatic carbocycles. The van der Waals surface area contributed by atoms with Crippen LogP contribution in [0.25, 0.3) is 0 Å². The zero-order valence-corrected chi connectivity index (χ0v) is 20.2. The largest absolute Gasteiger partial charge is 0.497 e. The van der Waals surface area contributed by atoms with Gasteiger partial charge in [0.2, 0.25) is 0 Å². The average Bonchev–Trinajstić information content (AvgIpc) is 2.93. The smallest absolute Gasteiger partial charge is 0.337 e. The Morgan fingerprint density at radius 2 is 1.35 bits per heavy atom. The molecule has 0 saturated carbocycles. The highest BCUT2D eigenvalue weighted by Gasteiger charge is 2.26. The van der Waals surface area contributed by atoms with E-state index < -0.39 is 11.9 Å². The van der Waals surface area contributed by atoms with Gasteiger partial charge in [-0.25, -0.2) is 4.79 Å². The molecule has 4 aromatic rings. The number of para-hydroxylation sites is 1. The minimum atomic E-state index is -1.37. The summed E-state index contributed by atoms with van der Waals surface area (Å²) in [4.78, 5) is 39.0. The van der Waals surface area contributed by atoms with Crippen LogP contribution in [-0.2, 0) is 13.1 Å². The number of aldehydes is 1. The average molecular weight is 496 g/mol. The second-order valence-corrected chi connectivity index (χ2v) is 8.27. The molecule has 0 atom stereocenters. The third-order valence-corrected chi connectivity index (χ3v) is 5.73. The van der Waals surface area contributed by atoms with Crippen molar-refractivity contribution >= 4 is 18.2 Å². The molecule has 0 radical (unpaired) electrons. The quantitative estimate of drug-likeness (QED) is 0.278. The number of benzene rings is 4. The molecule has 7 heteroatoms. The normalized spacial score (nSPS) is 10.4. The van der Waals surface area contributed by atoms with Crippen LogP contribution < -0.4 is 9.47 Å². The van der Waals surface area contributed by atoms with Crippen molar-refractivity contribution in [2.24, 2.45) is 0 Å². The molecule has 0 aliphatic rings. The second kappa shape index (κ2) is 11.7. The lowest BCUT2D eigenvalue weighted by Crippen LogP contribution is -2.31. The summed E-state index contributed by atoms with van der Waals surface area (Å²) < 4.78 is 11.1. The van der Waals surface area contributed by atoms with Gasteiger partial charge in [-0.3, -0.25) is 9.59 Å². The molecule has 37 heavy (non-hydrogen) atoms. The molecule has 0 heterocycles. The monoisotopic (exact) mass is 495 g/mol. The van der Waals surface area contributed by atoms with Crippen molar-refractivity contribution in [3.8, 4) is 17.2 Å². The summed E-state index contributed by atoms with van der Waals surface area (Å²) in [7, 11) is 1.39. The van der Waals surface area contributed by atoms with Gasteiger partial charge in [-0.1, -0.05) is 60.7 Å². The maximum Gasteiger partial charge on any atom is 0.337 e. The SMILES string of the molecule is COc1cc(C=O)c(C(=O)O)c(C(=O)N(Cc2ccccc2)Cc2ccc(Oc3ccccc3)cc2)c1. The molecule has 0 bridgehead atoms. The number of ether oxygens (including phenoxy) is 2. The lowest BCUT2D eigenvalue weighted by molar-refractivity contribution is 0.0666. The Labute approximate surface area is 214 Å². The highest BCUT2D eigenvalue weighted by Crippen LogP contribution is 2.26. The van der Waals surface area contributed by atoms with Crippen LogP contribution in [0.3, 0.4) is 0 Å². The summed E-state index contributed by atoms with van der Waals surface area (Å²) in [6.45, 7) is 0.431. The molecule has 1 N–H and O–H groups in total. The first-order chi connectivity index (χ1) is 18.0. The number of hydrogen-bond acceptors (Lipinski definition) is 5. The molecular weight excluding hydrogens is 470 g/mol. The van der Waals surface area contributed by atoms with Crippen LogP contribution >= 0.6 is 0 Å². The fraction of sp³-hybridized carbons (Fsp3) is 0.100. The Kier molecular flexibility index (Phi) is 7.95. The van der Waals surface area contributed by atoms with Crippen LogP contribution in [0.1, 0.15) is 42.2 Å². The van der Waals surface area contributed by atoms with Gasteiger partial charge in [0.05, 0.1) is 18.2 Å². The summed E-state index contributed by atoms with van der Waals surface area (Å²) in [6, 6.07) is 28.8. The van der Waals surface area contributed by atoms with Gasteiger partial charge in [0.1, 0.15) is 17.2 Å². The lowest BCUT2D eigenvalue weighted by Gasteiger charge is -2.24. The van der Waals surface area contributed by atoms with E-state index in [9.17, 15) is 19.5 Å². The number of hydrogen-bond donors (Lipinski definition) is 1. The summed E-state index contributed by atoms with van der Waals surface area (Å²) in [5.41, 5.74) is 1.09. The van der Waals surface area contributed by atoms with E-state index in [-0.39, 0.29) is 35.5 Å².